The predicted octanol–water partition coefficient (Wildman–Crippen LogP) is 3.79. The summed E-state index contributed by atoms with van der Waals surface area (Å²) >= 11 is 0. The van der Waals surface area contributed by atoms with Crippen LogP contribution in [0.25, 0.3) is 27.9 Å². The third-order valence-corrected chi connectivity index (χ3v) is 6.20. The highest BCUT2D eigenvalue weighted by Crippen LogP contribution is 2.42. The maximum Gasteiger partial charge on any atom is 0.251 e. The SMILES string of the molecule is Cn1cc(-c2cnn(-c3cccc(C4CC4)c3C#N)c2)c(-c2ccn(CCF)c(=O)c2)cc1=O. The van der Waals surface area contributed by atoms with E-state index in [1.54, 1.807) is 30.2 Å². The number of rotatable bonds is 6. The highest BCUT2D eigenvalue weighted by Gasteiger charge is 2.27. The molecule has 8 heteroatoms. The first-order valence-electron chi connectivity index (χ1n) is 11.1. The average molecular weight is 455 g/mol. The number of aryl methyl sites for hydroxylation is 2. The van der Waals surface area contributed by atoms with Gasteiger partial charge in [0.2, 0.25) is 0 Å². The zero-order chi connectivity index (χ0) is 23.8. The second-order valence-electron chi connectivity index (χ2n) is 8.49. The van der Waals surface area contributed by atoms with E-state index in [4.69, 9.17) is 0 Å². The lowest BCUT2D eigenvalue weighted by Gasteiger charge is -2.11. The first-order valence-corrected chi connectivity index (χ1v) is 11.1. The summed E-state index contributed by atoms with van der Waals surface area (Å²) in [7, 11) is 1.66. The van der Waals surface area contributed by atoms with Gasteiger partial charge in [-0.15, -0.1) is 0 Å². The van der Waals surface area contributed by atoms with Gasteiger partial charge in [-0.2, -0.15) is 10.4 Å². The predicted molar refractivity (Wildman–Crippen MR) is 127 cm³/mol. The maximum absolute atomic E-state index is 12.7. The fourth-order valence-corrected chi connectivity index (χ4v) is 4.25. The monoisotopic (exact) mass is 455 g/mol. The van der Waals surface area contributed by atoms with Gasteiger partial charge in [-0.1, -0.05) is 12.1 Å². The summed E-state index contributed by atoms with van der Waals surface area (Å²) in [5, 5.41) is 14.3. The topological polar surface area (TPSA) is 85.6 Å². The summed E-state index contributed by atoms with van der Waals surface area (Å²) in [6.07, 6.45) is 8.92. The van der Waals surface area contributed by atoms with E-state index < -0.39 is 6.67 Å². The van der Waals surface area contributed by atoms with Crippen LogP contribution in [0.15, 0.2) is 70.8 Å². The van der Waals surface area contributed by atoms with Crippen molar-refractivity contribution in [1.82, 2.24) is 18.9 Å². The molecule has 0 spiro atoms. The number of halogens is 1. The van der Waals surface area contributed by atoms with Gasteiger partial charge in [0.1, 0.15) is 12.7 Å². The van der Waals surface area contributed by atoms with Crippen LogP contribution in [-0.4, -0.2) is 25.6 Å². The van der Waals surface area contributed by atoms with Crippen molar-refractivity contribution in [2.75, 3.05) is 6.67 Å². The first-order chi connectivity index (χ1) is 16.5. The molecule has 1 aliphatic rings. The van der Waals surface area contributed by atoms with E-state index in [9.17, 15) is 19.2 Å². The van der Waals surface area contributed by atoms with Crippen molar-refractivity contribution in [1.29, 1.82) is 5.26 Å². The van der Waals surface area contributed by atoms with Gasteiger partial charge in [0.25, 0.3) is 11.1 Å². The van der Waals surface area contributed by atoms with Gasteiger partial charge in [0, 0.05) is 48.9 Å². The summed E-state index contributed by atoms with van der Waals surface area (Å²) in [5.41, 5.74) is 4.42. The lowest BCUT2D eigenvalue weighted by molar-refractivity contribution is 0.440. The molecular weight excluding hydrogens is 433 g/mol. The van der Waals surface area contributed by atoms with Crippen LogP contribution in [0, 0.1) is 11.3 Å². The minimum atomic E-state index is -0.637. The quantitative estimate of drug-likeness (QED) is 0.443. The number of nitriles is 1. The van der Waals surface area contributed by atoms with Crippen LogP contribution in [0.1, 0.15) is 29.9 Å². The summed E-state index contributed by atoms with van der Waals surface area (Å²) in [6, 6.07) is 12.7. The molecule has 170 valence electrons. The van der Waals surface area contributed by atoms with E-state index in [0.717, 1.165) is 24.0 Å². The Hall–Kier alpha value is -4.25. The van der Waals surface area contributed by atoms with Crippen LogP contribution in [0.2, 0.25) is 0 Å². The molecule has 4 aromatic rings. The van der Waals surface area contributed by atoms with Crippen molar-refractivity contribution < 1.29 is 4.39 Å². The van der Waals surface area contributed by atoms with E-state index in [1.165, 1.54) is 27.5 Å². The lowest BCUT2D eigenvalue weighted by atomic mass is 9.99. The zero-order valence-electron chi connectivity index (χ0n) is 18.6. The van der Waals surface area contributed by atoms with Gasteiger partial charge < -0.3 is 9.13 Å². The van der Waals surface area contributed by atoms with Gasteiger partial charge in [-0.25, -0.2) is 9.07 Å². The Balaban J connectivity index is 1.62. The zero-order valence-corrected chi connectivity index (χ0v) is 18.6. The third-order valence-electron chi connectivity index (χ3n) is 6.20. The molecule has 1 saturated carbocycles. The number of aromatic nitrogens is 4. The minimum Gasteiger partial charge on any atom is -0.318 e. The molecular formula is C26H22FN5O2. The van der Waals surface area contributed by atoms with Crippen LogP contribution >= 0.6 is 0 Å². The molecule has 0 radical (unpaired) electrons. The van der Waals surface area contributed by atoms with E-state index >= 15 is 0 Å². The van der Waals surface area contributed by atoms with Crippen molar-refractivity contribution in [3.05, 3.63) is 93.0 Å². The molecule has 0 saturated heterocycles. The fraction of sp³-hybridized carbons (Fsp3) is 0.231. The van der Waals surface area contributed by atoms with Gasteiger partial charge in [0.15, 0.2) is 0 Å². The summed E-state index contributed by atoms with van der Waals surface area (Å²) in [4.78, 5) is 24.9. The number of alkyl halides is 1. The number of benzene rings is 1. The van der Waals surface area contributed by atoms with E-state index in [0.29, 0.717) is 33.9 Å². The first kappa shape index (κ1) is 21.6. The smallest absolute Gasteiger partial charge is 0.251 e. The summed E-state index contributed by atoms with van der Waals surface area (Å²) < 4.78 is 17.1. The molecule has 3 aromatic heterocycles. The molecule has 0 atom stereocenters. The van der Waals surface area contributed by atoms with Gasteiger partial charge in [-0.05, 0) is 47.6 Å². The third kappa shape index (κ3) is 3.86. The van der Waals surface area contributed by atoms with Crippen LogP contribution in [0.5, 0.6) is 0 Å². The van der Waals surface area contributed by atoms with E-state index in [2.05, 4.69) is 11.2 Å². The van der Waals surface area contributed by atoms with Crippen molar-refractivity contribution in [3.63, 3.8) is 0 Å². The molecule has 0 aliphatic heterocycles. The highest BCUT2D eigenvalue weighted by atomic mass is 19.1. The summed E-state index contributed by atoms with van der Waals surface area (Å²) in [6.45, 7) is -0.654. The molecule has 0 N–H and O–H groups in total. The van der Waals surface area contributed by atoms with Crippen molar-refractivity contribution in [2.45, 2.75) is 25.3 Å². The maximum atomic E-state index is 12.7. The normalized spacial score (nSPS) is 13.1. The molecule has 0 amide bonds. The number of pyridine rings is 2. The average Bonchev–Trinajstić information content (AvgIpc) is 3.57. The standard InChI is InChI=1S/C26H22FN5O2/c1-30-16-23(21(12-25(30)33)18-7-9-31(10-8-27)26(34)11-18)19-14-29-32(15-19)24-4-2-3-20(17-5-6-17)22(24)13-28/h2-4,7,9,11-12,14-17H,5-6,8,10H2,1H3. The minimum absolute atomic E-state index is 0.0174. The molecule has 7 nitrogen and oxygen atoms in total. The molecule has 3 heterocycles. The lowest BCUT2D eigenvalue weighted by Crippen LogP contribution is -2.20. The number of hydrogen-bond donors (Lipinski definition) is 0. The molecule has 0 bridgehead atoms. The highest BCUT2D eigenvalue weighted by molar-refractivity contribution is 5.82. The van der Waals surface area contributed by atoms with Crippen LogP contribution < -0.4 is 11.1 Å². The Morgan fingerprint density at radius 2 is 1.91 bits per heavy atom. The van der Waals surface area contributed by atoms with Gasteiger partial charge in [-0.3, -0.25) is 9.59 Å². The van der Waals surface area contributed by atoms with Crippen LogP contribution in [0.3, 0.4) is 0 Å². The fourth-order valence-electron chi connectivity index (χ4n) is 4.25. The largest absolute Gasteiger partial charge is 0.318 e. The molecule has 34 heavy (non-hydrogen) atoms. The van der Waals surface area contributed by atoms with Crippen molar-refractivity contribution in [2.24, 2.45) is 7.05 Å². The number of nitrogens with zero attached hydrogens (tertiary/aromatic N) is 5. The van der Waals surface area contributed by atoms with Crippen molar-refractivity contribution >= 4 is 0 Å². The molecule has 1 aliphatic carbocycles. The Bertz CT molecular complexity index is 1550. The Morgan fingerprint density at radius 1 is 1.09 bits per heavy atom. The van der Waals surface area contributed by atoms with E-state index in [1.807, 2.05) is 24.4 Å². The van der Waals surface area contributed by atoms with Gasteiger partial charge >= 0.3 is 0 Å². The molecule has 1 fully saturated rings. The van der Waals surface area contributed by atoms with Crippen LogP contribution in [0.4, 0.5) is 4.39 Å². The second kappa shape index (κ2) is 8.60. The van der Waals surface area contributed by atoms with Gasteiger partial charge in [0.05, 0.1) is 24.0 Å². The Morgan fingerprint density at radius 3 is 2.62 bits per heavy atom. The van der Waals surface area contributed by atoms with Crippen molar-refractivity contribution in [3.8, 4) is 34.0 Å². The molecule has 5 rings (SSSR count). The molecule has 0 unspecified atom stereocenters. The Kier molecular flexibility index (Phi) is 5.46. The Labute approximate surface area is 194 Å². The van der Waals surface area contributed by atoms with Crippen LogP contribution in [-0.2, 0) is 13.6 Å². The second-order valence-corrected chi connectivity index (χ2v) is 8.49. The number of hydrogen-bond acceptors (Lipinski definition) is 4. The summed E-state index contributed by atoms with van der Waals surface area (Å²) in [5.74, 6) is 0.430. The molecule has 1 aromatic carbocycles. The van der Waals surface area contributed by atoms with E-state index in [-0.39, 0.29) is 17.7 Å².